The second-order valence-electron chi connectivity index (χ2n) is 8.34. The minimum absolute atomic E-state index is 0.398. The fourth-order valence-electron chi connectivity index (χ4n) is 3.77. The van der Waals surface area contributed by atoms with E-state index in [1.54, 1.807) is 20.8 Å². The molecule has 0 radical (unpaired) electrons. The van der Waals surface area contributed by atoms with Gasteiger partial charge >= 0.3 is 24.1 Å². The fourth-order valence-corrected chi connectivity index (χ4v) is 4.41. The highest BCUT2D eigenvalue weighted by molar-refractivity contribution is 7.85. The standard InChI is InChI=1S/C17H21F3O10S/c1-4-16(2,3)15(23)30-12-10-7(8-9(28-10)11(12)29-14(8)22)13(21)27-6(17(18,19)20)5-31(24,25)26/h6-12H,4-5H2,1-3H3,(H,24,25,26). The third-order valence-electron chi connectivity index (χ3n) is 5.84. The van der Waals surface area contributed by atoms with Crippen molar-refractivity contribution in [3.63, 3.8) is 0 Å². The van der Waals surface area contributed by atoms with E-state index in [9.17, 15) is 36.0 Å². The van der Waals surface area contributed by atoms with Crippen LogP contribution in [0.15, 0.2) is 0 Å². The molecule has 3 fully saturated rings. The Morgan fingerprint density at radius 1 is 1.19 bits per heavy atom. The van der Waals surface area contributed by atoms with Crippen LogP contribution in [0.25, 0.3) is 0 Å². The van der Waals surface area contributed by atoms with Crippen LogP contribution in [0.3, 0.4) is 0 Å². The van der Waals surface area contributed by atoms with Crippen LogP contribution in [0, 0.1) is 17.3 Å². The van der Waals surface area contributed by atoms with E-state index in [4.69, 9.17) is 18.8 Å². The van der Waals surface area contributed by atoms with Crippen LogP contribution in [0.5, 0.6) is 0 Å². The van der Waals surface area contributed by atoms with E-state index in [1.165, 1.54) is 0 Å². The van der Waals surface area contributed by atoms with Gasteiger partial charge in [0.25, 0.3) is 10.1 Å². The van der Waals surface area contributed by atoms with Crippen molar-refractivity contribution in [2.75, 3.05) is 5.75 Å². The Labute approximate surface area is 175 Å². The molecule has 1 N–H and O–H groups in total. The zero-order chi connectivity index (χ0) is 23.5. The van der Waals surface area contributed by atoms with Gasteiger partial charge in [0.05, 0.1) is 5.41 Å². The molecule has 0 spiro atoms. The molecule has 3 saturated heterocycles. The quantitative estimate of drug-likeness (QED) is 0.317. The molecule has 0 amide bonds. The normalized spacial score (nSPS) is 33.2. The predicted octanol–water partition coefficient (Wildman–Crippen LogP) is 0.635. The predicted molar refractivity (Wildman–Crippen MR) is 91.8 cm³/mol. The molecule has 0 aromatic carbocycles. The van der Waals surface area contributed by atoms with Gasteiger partial charge < -0.3 is 18.9 Å². The number of alkyl halides is 3. The molecule has 0 aliphatic carbocycles. The Hall–Kier alpha value is -1.93. The van der Waals surface area contributed by atoms with Gasteiger partial charge in [-0.15, -0.1) is 0 Å². The Kier molecular flexibility index (Phi) is 5.81. The summed E-state index contributed by atoms with van der Waals surface area (Å²) in [7, 11) is -5.14. The van der Waals surface area contributed by atoms with Crippen LogP contribution in [0.2, 0.25) is 0 Å². The van der Waals surface area contributed by atoms with Crippen molar-refractivity contribution in [3.05, 3.63) is 0 Å². The van der Waals surface area contributed by atoms with E-state index < -0.39 is 87.7 Å². The van der Waals surface area contributed by atoms with E-state index in [-0.39, 0.29) is 0 Å². The maximum Gasteiger partial charge on any atom is 0.426 e. The van der Waals surface area contributed by atoms with Crippen LogP contribution < -0.4 is 0 Å². The molecule has 2 bridgehead atoms. The maximum atomic E-state index is 13.1. The third kappa shape index (κ3) is 4.37. The molecule has 31 heavy (non-hydrogen) atoms. The molecular formula is C17H21F3O10S. The lowest BCUT2D eigenvalue weighted by Crippen LogP contribution is -2.50. The zero-order valence-electron chi connectivity index (χ0n) is 16.6. The van der Waals surface area contributed by atoms with Gasteiger partial charge in [0.2, 0.25) is 6.10 Å². The van der Waals surface area contributed by atoms with Gasteiger partial charge in [-0.2, -0.15) is 21.6 Å². The first kappa shape index (κ1) is 23.7. The van der Waals surface area contributed by atoms with Crippen molar-refractivity contribution in [2.45, 2.75) is 63.9 Å². The fraction of sp³-hybridized carbons (Fsp3) is 0.824. The average molecular weight is 474 g/mol. The first-order valence-electron chi connectivity index (χ1n) is 9.36. The monoisotopic (exact) mass is 474 g/mol. The van der Waals surface area contributed by atoms with E-state index >= 15 is 0 Å². The summed E-state index contributed by atoms with van der Waals surface area (Å²) in [6.45, 7) is 4.93. The molecule has 14 heteroatoms. The Balaban J connectivity index is 1.83. The third-order valence-corrected chi connectivity index (χ3v) is 6.57. The molecule has 0 aromatic heterocycles. The van der Waals surface area contributed by atoms with Gasteiger partial charge in [-0.1, -0.05) is 6.92 Å². The first-order valence-corrected chi connectivity index (χ1v) is 11.0. The summed E-state index contributed by atoms with van der Waals surface area (Å²) in [6, 6.07) is 0. The van der Waals surface area contributed by atoms with Crippen molar-refractivity contribution in [2.24, 2.45) is 17.3 Å². The lowest BCUT2D eigenvalue weighted by atomic mass is 9.78. The number of fused-ring (bicyclic) bond motifs is 1. The van der Waals surface area contributed by atoms with Gasteiger partial charge in [0, 0.05) is 0 Å². The van der Waals surface area contributed by atoms with Crippen LogP contribution in [0.1, 0.15) is 27.2 Å². The van der Waals surface area contributed by atoms with Crippen LogP contribution in [-0.4, -0.2) is 73.3 Å². The highest BCUT2D eigenvalue weighted by Gasteiger charge is 2.72. The Morgan fingerprint density at radius 3 is 2.32 bits per heavy atom. The largest absolute Gasteiger partial charge is 0.455 e. The van der Waals surface area contributed by atoms with Crippen molar-refractivity contribution in [3.8, 4) is 0 Å². The molecule has 7 atom stereocenters. The van der Waals surface area contributed by atoms with Gasteiger partial charge in [-0.3, -0.25) is 18.9 Å². The summed E-state index contributed by atoms with van der Waals surface area (Å²) in [6.07, 6.45) is -12.7. The Bertz CT molecular complexity index is 883. The first-order chi connectivity index (χ1) is 14.1. The minimum atomic E-state index is -5.31. The molecule has 3 rings (SSSR count). The second-order valence-corrected chi connectivity index (χ2v) is 9.84. The summed E-state index contributed by atoms with van der Waals surface area (Å²) >= 11 is 0. The van der Waals surface area contributed by atoms with E-state index in [2.05, 4.69) is 4.74 Å². The number of carbonyl (C=O) groups is 3. The van der Waals surface area contributed by atoms with Gasteiger partial charge in [0.1, 0.15) is 29.8 Å². The maximum absolute atomic E-state index is 13.1. The highest BCUT2D eigenvalue weighted by Crippen LogP contribution is 2.52. The molecule has 3 heterocycles. The van der Waals surface area contributed by atoms with Crippen molar-refractivity contribution < 1.29 is 59.5 Å². The molecule has 10 nitrogen and oxygen atoms in total. The van der Waals surface area contributed by atoms with Crippen molar-refractivity contribution in [1.82, 2.24) is 0 Å². The summed E-state index contributed by atoms with van der Waals surface area (Å²) in [4.78, 5) is 37.2. The summed E-state index contributed by atoms with van der Waals surface area (Å²) in [5, 5.41) is 0. The van der Waals surface area contributed by atoms with Gasteiger partial charge in [-0.25, -0.2) is 0 Å². The minimum Gasteiger partial charge on any atom is -0.455 e. The molecule has 176 valence electrons. The number of halogens is 3. The van der Waals surface area contributed by atoms with Crippen LogP contribution >= 0.6 is 0 Å². The van der Waals surface area contributed by atoms with E-state index in [1.807, 2.05) is 0 Å². The number of hydrogen-bond donors (Lipinski definition) is 1. The molecule has 3 aliphatic rings. The summed E-state index contributed by atoms with van der Waals surface area (Å²) in [5.74, 6) is -7.98. The highest BCUT2D eigenvalue weighted by atomic mass is 32.2. The number of rotatable bonds is 7. The number of carbonyl (C=O) groups excluding carboxylic acids is 3. The second kappa shape index (κ2) is 7.59. The average Bonchev–Trinajstić information content (AvgIpc) is 3.22. The number of hydrogen-bond acceptors (Lipinski definition) is 9. The van der Waals surface area contributed by atoms with Crippen molar-refractivity contribution in [1.29, 1.82) is 0 Å². The molecule has 3 aliphatic heterocycles. The smallest absolute Gasteiger partial charge is 0.426 e. The van der Waals surface area contributed by atoms with Gasteiger partial charge in [0.15, 0.2) is 12.2 Å². The topological polar surface area (TPSA) is 142 Å². The van der Waals surface area contributed by atoms with E-state index in [0.29, 0.717) is 6.42 Å². The number of esters is 3. The zero-order valence-corrected chi connectivity index (χ0v) is 17.4. The van der Waals surface area contributed by atoms with Crippen LogP contribution in [-0.2, 0) is 43.4 Å². The molecule has 7 unspecified atom stereocenters. The molecule has 0 aromatic rings. The lowest BCUT2D eigenvalue weighted by molar-refractivity contribution is -0.219. The molecule has 0 saturated carbocycles. The summed E-state index contributed by atoms with van der Waals surface area (Å²) < 4.78 is 90.3. The SMILES string of the molecule is CCC(C)(C)C(=O)OC1C2OC(=O)C3C2OC1C3C(=O)OC(CS(=O)(=O)O)C(F)(F)F. The lowest BCUT2D eigenvalue weighted by Gasteiger charge is -2.31. The van der Waals surface area contributed by atoms with Crippen LogP contribution in [0.4, 0.5) is 13.2 Å². The van der Waals surface area contributed by atoms with Gasteiger partial charge in [-0.05, 0) is 20.3 Å². The van der Waals surface area contributed by atoms with Crippen molar-refractivity contribution >= 4 is 28.0 Å². The Morgan fingerprint density at radius 2 is 1.81 bits per heavy atom. The number of ether oxygens (including phenoxy) is 4. The summed E-state index contributed by atoms with van der Waals surface area (Å²) in [5.41, 5.74) is -0.920. The van der Waals surface area contributed by atoms with E-state index in [0.717, 1.165) is 0 Å². The molecular weight excluding hydrogens is 453 g/mol.